The van der Waals surface area contributed by atoms with E-state index >= 15 is 0 Å². The lowest BCUT2D eigenvalue weighted by Crippen LogP contribution is -2.41. The van der Waals surface area contributed by atoms with Gasteiger partial charge in [0.05, 0.1) is 17.3 Å². The Balaban J connectivity index is 1.58. The summed E-state index contributed by atoms with van der Waals surface area (Å²) < 4.78 is 12.3. The van der Waals surface area contributed by atoms with Crippen molar-refractivity contribution in [3.05, 3.63) is 59.1 Å². The normalized spacial score (nSPS) is 25.1. The monoisotopic (exact) mass is 340 g/mol. The van der Waals surface area contributed by atoms with Crippen molar-refractivity contribution in [2.45, 2.75) is 70.7 Å². The second-order valence-electron chi connectivity index (χ2n) is 8.10. The Labute approximate surface area is 151 Å². The zero-order chi connectivity index (χ0) is 18.1. The van der Waals surface area contributed by atoms with Crippen LogP contribution in [-0.2, 0) is 9.31 Å². The highest BCUT2D eigenvalue weighted by molar-refractivity contribution is 6.54. The number of aliphatic hydroxyl groups excluding tert-OH is 1. The average molecular weight is 340 g/mol. The third kappa shape index (κ3) is 4.08. The fourth-order valence-corrected chi connectivity index (χ4v) is 3.25. The van der Waals surface area contributed by atoms with E-state index in [9.17, 15) is 5.11 Å². The lowest BCUT2D eigenvalue weighted by molar-refractivity contribution is 0.00578. The zero-order valence-electron chi connectivity index (χ0n) is 15.8. The van der Waals surface area contributed by atoms with Gasteiger partial charge in [0, 0.05) is 0 Å². The van der Waals surface area contributed by atoms with E-state index in [1.54, 1.807) is 0 Å². The molecule has 1 atom stereocenters. The van der Waals surface area contributed by atoms with Crippen molar-refractivity contribution in [1.82, 2.24) is 0 Å². The van der Waals surface area contributed by atoms with Gasteiger partial charge in [-0.25, -0.2) is 0 Å². The highest BCUT2D eigenvalue weighted by Crippen LogP contribution is 2.40. The van der Waals surface area contributed by atoms with Crippen LogP contribution < -0.4 is 0 Å². The minimum atomic E-state index is -0.429. The van der Waals surface area contributed by atoms with Crippen LogP contribution >= 0.6 is 0 Å². The molecule has 1 saturated heterocycles. The van der Waals surface area contributed by atoms with E-state index in [4.69, 9.17) is 9.31 Å². The van der Waals surface area contributed by atoms with Gasteiger partial charge in [0.25, 0.3) is 0 Å². The summed E-state index contributed by atoms with van der Waals surface area (Å²) in [7, 11) is -0.221. The fraction of sp³-hybridized carbons (Fsp3) is 0.524. The molecule has 0 saturated carbocycles. The lowest BCUT2D eigenvalue weighted by Gasteiger charge is -2.32. The van der Waals surface area contributed by atoms with Gasteiger partial charge in [0.1, 0.15) is 0 Å². The van der Waals surface area contributed by atoms with Crippen LogP contribution in [0, 0.1) is 0 Å². The molecule has 25 heavy (non-hydrogen) atoms. The highest BCUT2D eigenvalue weighted by Gasteiger charge is 2.52. The van der Waals surface area contributed by atoms with E-state index in [0.717, 1.165) is 24.8 Å². The Hall–Kier alpha value is -1.36. The number of allylic oxidation sites excluding steroid dienone is 3. The molecular weight excluding hydrogens is 311 g/mol. The molecule has 0 aromatic heterocycles. The molecule has 3 nitrogen and oxygen atoms in total. The Kier molecular flexibility index (Phi) is 5.24. The molecule has 1 aliphatic heterocycles. The van der Waals surface area contributed by atoms with Crippen LogP contribution in [0.2, 0.25) is 0 Å². The first kappa shape index (κ1) is 18.4. The summed E-state index contributed by atoms with van der Waals surface area (Å²) in [6.07, 6.45) is 7.56. The minimum Gasteiger partial charge on any atom is -0.400 e. The van der Waals surface area contributed by atoms with Gasteiger partial charge < -0.3 is 14.4 Å². The van der Waals surface area contributed by atoms with Crippen molar-refractivity contribution in [3.8, 4) is 0 Å². The van der Waals surface area contributed by atoms with Gasteiger partial charge in [-0.05, 0) is 64.4 Å². The van der Waals surface area contributed by atoms with E-state index in [0.29, 0.717) is 6.42 Å². The van der Waals surface area contributed by atoms with E-state index in [1.807, 2.05) is 30.3 Å². The number of rotatable bonds is 4. The molecule has 1 N–H and O–H groups in total. The molecule has 1 heterocycles. The number of hydrogen-bond acceptors (Lipinski definition) is 3. The van der Waals surface area contributed by atoms with Crippen molar-refractivity contribution in [2.24, 2.45) is 0 Å². The van der Waals surface area contributed by atoms with Crippen LogP contribution in [0.15, 0.2) is 53.5 Å². The molecule has 1 aromatic rings. The van der Waals surface area contributed by atoms with Gasteiger partial charge in [-0.3, -0.25) is 0 Å². The number of hydrogen-bond donors (Lipinski definition) is 1. The van der Waals surface area contributed by atoms with Crippen molar-refractivity contribution in [1.29, 1.82) is 0 Å². The quantitative estimate of drug-likeness (QED) is 0.633. The molecular formula is C21H29BO3. The van der Waals surface area contributed by atoms with Crippen molar-refractivity contribution >= 4 is 7.12 Å². The lowest BCUT2D eigenvalue weighted by atomic mass is 9.71. The summed E-state index contributed by atoms with van der Waals surface area (Å²) in [5.41, 5.74) is 3.04. The van der Waals surface area contributed by atoms with Crippen molar-refractivity contribution < 1.29 is 14.4 Å². The Bertz CT molecular complexity index is 645. The van der Waals surface area contributed by atoms with Gasteiger partial charge in [-0.1, -0.05) is 48.1 Å². The van der Waals surface area contributed by atoms with Gasteiger partial charge in [-0.15, -0.1) is 0 Å². The molecule has 3 rings (SSSR count). The smallest absolute Gasteiger partial charge is 0.400 e. The molecule has 1 unspecified atom stereocenters. The largest absolute Gasteiger partial charge is 0.490 e. The van der Waals surface area contributed by atoms with E-state index in [2.05, 4.69) is 39.8 Å². The summed E-state index contributed by atoms with van der Waals surface area (Å²) in [6.45, 7) is 8.36. The maximum Gasteiger partial charge on any atom is 0.490 e. The maximum absolute atomic E-state index is 10.3. The summed E-state index contributed by atoms with van der Waals surface area (Å²) in [5.74, 6) is 0. The predicted octanol–water partition coefficient (Wildman–Crippen LogP) is 4.78. The Morgan fingerprint density at radius 3 is 2.28 bits per heavy atom. The summed E-state index contributed by atoms with van der Waals surface area (Å²) in [5, 5.41) is 10.3. The van der Waals surface area contributed by atoms with Crippen LogP contribution in [0.4, 0.5) is 0 Å². The molecule has 0 radical (unpaired) electrons. The molecule has 2 aliphatic rings. The average Bonchev–Trinajstić information content (AvgIpc) is 2.82. The van der Waals surface area contributed by atoms with E-state index in [-0.39, 0.29) is 18.3 Å². The van der Waals surface area contributed by atoms with Gasteiger partial charge in [0.15, 0.2) is 0 Å². The van der Waals surface area contributed by atoms with Gasteiger partial charge in [-0.2, -0.15) is 0 Å². The fourth-order valence-electron chi connectivity index (χ4n) is 3.25. The Morgan fingerprint density at radius 2 is 1.72 bits per heavy atom. The SMILES string of the molecule is CC1(C)OB(C2=CC/C(=C/CC(O)c3ccccc3)CC2)OC1(C)C. The topological polar surface area (TPSA) is 38.7 Å². The van der Waals surface area contributed by atoms with E-state index in [1.165, 1.54) is 11.0 Å². The van der Waals surface area contributed by atoms with Crippen LogP contribution in [-0.4, -0.2) is 23.4 Å². The first-order valence-corrected chi connectivity index (χ1v) is 9.24. The van der Waals surface area contributed by atoms with Gasteiger partial charge >= 0.3 is 7.12 Å². The number of aliphatic hydroxyl groups is 1. The first-order chi connectivity index (χ1) is 11.8. The van der Waals surface area contributed by atoms with Crippen LogP contribution in [0.25, 0.3) is 0 Å². The summed E-state index contributed by atoms with van der Waals surface area (Å²) in [4.78, 5) is 0. The van der Waals surface area contributed by atoms with Crippen LogP contribution in [0.1, 0.15) is 65.0 Å². The molecule has 1 aliphatic carbocycles. The number of benzene rings is 1. The molecule has 0 amide bonds. The second kappa shape index (κ2) is 7.10. The zero-order valence-corrected chi connectivity index (χ0v) is 15.8. The highest BCUT2D eigenvalue weighted by atomic mass is 16.7. The Morgan fingerprint density at radius 1 is 1.08 bits per heavy atom. The minimum absolute atomic E-state index is 0.221. The third-order valence-corrected chi connectivity index (χ3v) is 5.73. The molecule has 4 heteroatoms. The molecule has 0 bridgehead atoms. The van der Waals surface area contributed by atoms with Crippen LogP contribution in [0.3, 0.4) is 0 Å². The van der Waals surface area contributed by atoms with Crippen molar-refractivity contribution in [2.75, 3.05) is 0 Å². The summed E-state index contributed by atoms with van der Waals surface area (Å²) in [6, 6.07) is 9.84. The van der Waals surface area contributed by atoms with E-state index < -0.39 is 6.10 Å². The molecule has 1 fully saturated rings. The third-order valence-electron chi connectivity index (χ3n) is 5.73. The molecule has 1 aromatic carbocycles. The standard InChI is InChI=1S/C21H29BO3/c1-20(2)21(3,4)25-22(24-20)18-13-10-16(11-14-18)12-15-19(23)17-8-6-5-7-9-17/h5-9,12-13,19,23H,10-11,14-15H2,1-4H3/b16-12-. The van der Waals surface area contributed by atoms with Gasteiger partial charge in [0.2, 0.25) is 0 Å². The summed E-state index contributed by atoms with van der Waals surface area (Å²) >= 11 is 0. The maximum atomic E-state index is 10.3. The molecule has 134 valence electrons. The second-order valence-corrected chi connectivity index (χ2v) is 8.10. The predicted molar refractivity (Wildman–Crippen MR) is 102 cm³/mol. The first-order valence-electron chi connectivity index (χ1n) is 9.24. The van der Waals surface area contributed by atoms with Crippen molar-refractivity contribution in [3.63, 3.8) is 0 Å². The molecule has 0 spiro atoms. The van der Waals surface area contributed by atoms with Crippen LogP contribution in [0.5, 0.6) is 0 Å².